The van der Waals surface area contributed by atoms with Crippen LogP contribution in [0.15, 0.2) is 42.6 Å². The number of nitrogens with zero attached hydrogens (tertiary/aromatic N) is 1. The van der Waals surface area contributed by atoms with Crippen molar-refractivity contribution in [2.45, 2.75) is 19.4 Å². The lowest BCUT2D eigenvalue weighted by Gasteiger charge is -2.24. The summed E-state index contributed by atoms with van der Waals surface area (Å²) in [7, 11) is 1.71. The minimum Gasteiger partial charge on any atom is -0.384 e. The topological polar surface area (TPSA) is 71.3 Å². The van der Waals surface area contributed by atoms with Gasteiger partial charge in [0.1, 0.15) is 11.3 Å². The van der Waals surface area contributed by atoms with E-state index in [0.29, 0.717) is 11.3 Å². The number of aliphatic hydroxyl groups is 1. The van der Waals surface area contributed by atoms with Gasteiger partial charge in [0.15, 0.2) is 5.78 Å². The molecule has 1 aromatic carbocycles. The molecule has 0 saturated heterocycles. The summed E-state index contributed by atoms with van der Waals surface area (Å²) in [6, 6.07) is 10.7. The summed E-state index contributed by atoms with van der Waals surface area (Å²) < 4.78 is 1.60. The van der Waals surface area contributed by atoms with Gasteiger partial charge >= 0.3 is 0 Å². The van der Waals surface area contributed by atoms with Crippen LogP contribution < -0.4 is 5.32 Å². The first-order chi connectivity index (χ1) is 10.3. The highest BCUT2D eigenvalue weighted by Crippen LogP contribution is 2.19. The van der Waals surface area contributed by atoms with Crippen LogP contribution in [0.4, 0.5) is 0 Å². The largest absolute Gasteiger partial charge is 0.384 e. The fourth-order valence-corrected chi connectivity index (χ4v) is 2.23. The Kier molecular flexibility index (Phi) is 4.47. The van der Waals surface area contributed by atoms with Crippen LogP contribution in [0.2, 0.25) is 0 Å². The summed E-state index contributed by atoms with van der Waals surface area (Å²) in [6.07, 6.45) is 1.62. The Labute approximate surface area is 129 Å². The van der Waals surface area contributed by atoms with Gasteiger partial charge in [0.25, 0.3) is 5.91 Å². The van der Waals surface area contributed by atoms with Gasteiger partial charge in [0, 0.05) is 18.8 Å². The van der Waals surface area contributed by atoms with Gasteiger partial charge in [-0.15, -0.1) is 0 Å². The van der Waals surface area contributed by atoms with Crippen LogP contribution in [-0.2, 0) is 12.6 Å². The lowest BCUT2D eigenvalue weighted by molar-refractivity contribution is 0.0524. The Balaban J connectivity index is 2.08. The first-order valence-corrected chi connectivity index (χ1v) is 7.04. The zero-order valence-electron chi connectivity index (χ0n) is 13.0. The van der Waals surface area contributed by atoms with Crippen molar-refractivity contribution in [2.24, 2.45) is 7.05 Å². The number of ketones is 1. The molecule has 0 saturated carbocycles. The zero-order valence-corrected chi connectivity index (χ0v) is 13.0. The molecule has 2 rings (SSSR count). The number of aromatic nitrogens is 1. The van der Waals surface area contributed by atoms with Crippen molar-refractivity contribution in [1.82, 2.24) is 9.88 Å². The molecule has 0 aliphatic heterocycles. The van der Waals surface area contributed by atoms with Crippen LogP contribution in [-0.4, -0.2) is 27.9 Å². The third-order valence-electron chi connectivity index (χ3n) is 3.63. The molecule has 1 heterocycles. The fraction of sp³-hybridized carbons (Fsp3) is 0.294. The van der Waals surface area contributed by atoms with E-state index >= 15 is 0 Å². The van der Waals surface area contributed by atoms with Crippen LogP contribution >= 0.6 is 0 Å². The van der Waals surface area contributed by atoms with Gasteiger partial charge in [-0.1, -0.05) is 30.3 Å². The van der Waals surface area contributed by atoms with Crippen molar-refractivity contribution in [1.29, 1.82) is 0 Å². The molecule has 5 heteroatoms. The molecule has 1 atom stereocenters. The van der Waals surface area contributed by atoms with E-state index in [0.717, 1.165) is 5.56 Å². The summed E-state index contributed by atoms with van der Waals surface area (Å²) in [5, 5.41) is 13.2. The molecule has 2 N–H and O–H groups in total. The van der Waals surface area contributed by atoms with Gasteiger partial charge in [-0.25, -0.2) is 0 Å². The Morgan fingerprint density at radius 2 is 1.91 bits per heavy atom. The van der Waals surface area contributed by atoms with Gasteiger partial charge in [0.2, 0.25) is 0 Å². The molecule has 2 aromatic rings. The van der Waals surface area contributed by atoms with E-state index in [4.69, 9.17) is 0 Å². The molecule has 1 amide bonds. The number of benzene rings is 1. The van der Waals surface area contributed by atoms with E-state index in [2.05, 4.69) is 5.32 Å². The summed E-state index contributed by atoms with van der Waals surface area (Å²) >= 11 is 0. The van der Waals surface area contributed by atoms with Crippen molar-refractivity contribution in [3.05, 3.63) is 59.4 Å². The molecule has 0 radical (unpaired) electrons. The predicted molar refractivity (Wildman–Crippen MR) is 83.8 cm³/mol. The summed E-state index contributed by atoms with van der Waals surface area (Å²) in [5.41, 5.74) is 0.439. The van der Waals surface area contributed by atoms with Gasteiger partial charge < -0.3 is 15.0 Å². The highest BCUT2D eigenvalue weighted by Gasteiger charge is 2.24. The smallest absolute Gasteiger partial charge is 0.268 e. The molecular formula is C17H20N2O3. The van der Waals surface area contributed by atoms with Crippen LogP contribution in [0.5, 0.6) is 0 Å². The third kappa shape index (κ3) is 3.43. The Morgan fingerprint density at radius 3 is 2.45 bits per heavy atom. The average Bonchev–Trinajstić information content (AvgIpc) is 2.88. The number of rotatable bonds is 5. The predicted octanol–water partition coefficient (Wildman–Crippen LogP) is 1.87. The lowest BCUT2D eigenvalue weighted by Crippen LogP contribution is -2.39. The maximum atomic E-state index is 12.2. The minimum atomic E-state index is -1.16. The van der Waals surface area contributed by atoms with E-state index < -0.39 is 5.60 Å². The lowest BCUT2D eigenvalue weighted by atomic mass is 9.96. The maximum absolute atomic E-state index is 12.2. The molecule has 22 heavy (non-hydrogen) atoms. The van der Waals surface area contributed by atoms with Crippen molar-refractivity contribution >= 4 is 11.7 Å². The van der Waals surface area contributed by atoms with E-state index in [9.17, 15) is 14.7 Å². The Morgan fingerprint density at radius 1 is 1.27 bits per heavy atom. The fourth-order valence-electron chi connectivity index (χ4n) is 2.23. The van der Waals surface area contributed by atoms with Crippen LogP contribution in [0, 0.1) is 0 Å². The monoisotopic (exact) mass is 300 g/mol. The number of carbonyl (C=O) groups excluding carboxylic acids is 2. The second-order valence-corrected chi connectivity index (χ2v) is 5.60. The van der Waals surface area contributed by atoms with Gasteiger partial charge in [-0.3, -0.25) is 9.59 Å². The Hall–Kier alpha value is -2.40. The third-order valence-corrected chi connectivity index (χ3v) is 3.63. The first-order valence-electron chi connectivity index (χ1n) is 7.04. The van der Waals surface area contributed by atoms with Crippen LogP contribution in [0.25, 0.3) is 0 Å². The molecule has 0 aliphatic carbocycles. The van der Waals surface area contributed by atoms with Crippen molar-refractivity contribution in [3.8, 4) is 0 Å². The molecule has 5 nitrogen and oxygen atoms in total. The van der Waals surface area contributed by atoms with E-state index in [1.54, 1.807) is 30.8 Å². The Bertz CT molecular complexity index is 687. The molecule has 1 unspecified atom stereocenters. The van der Waals surface area contributed by atoms with E-state index in [1.807, 2.05) is 30.3 Å². The van der Waals surface area contributed by atoms with Gasteiger partial charge in [-0.05, 0) is 25.5 Å². The SMILES string of the molecule is CC(=O)c1cc(C(=O)NCC(C)(O)c2ccccc2)n(C)c1. The van der Waals surface area contributed by atoms with Crippen molar-refractivity contribution in [3.63, 3.8) is 0 Å². The molecular weight excluding hydrogens is 280 g/mol. The molecule has 116 valence electrons. The standard InChI is InChI=1S/C17H20N2O3/c1-12(20)13-9-15(19(3)10-13)16(21)18-11-17(2,22)14-7-5-4-6-8-14/h4-10,22H,11H2,1-3H3,(H,18,21). The second kappa shape index (κ2) is 6.15. The number of hydrogen-bond acceptors (Lipinski definition) is 3. The zero-order chi connectivity index (χ0) is 16.3. The highest BCUT2D eigenvalue weighted by atomic mass is 16.3. The maximum Gasteiger partial charge on any atom is 0.268 e. The number of amides is 1. The van der Waals surface area contributed by atoms with Crippen molar-refractivity contribution < 1.29 is 14.7 Å². The molecule has 0 bridgehead atoms. The summed E-state index contributed by atoms with van der Waals surface area (Å²) in [6.45, 7) is 3.18. The highest BCUT2D eigenvalue weighted by molar-refractivity contribution is 5.99. The first kappa shape index (κ1) is 16.0. The minimum absolute atomic E-state index is 0.0798. The summed E-state index contributed by atoms with van der Waals surface area (Å²) in [5.74, 6) is -0.419. The number of nitrogens with one attached hydrogen (secondary N) is 1. The number of hydrogen-bond donors (Lipinski definition) is 2. The number of Topliss-reactive ketones (excluding diaryl/α,β-unsaturated/α-hetero) is 1. The normalized spacial score (nSPS) is 13.5. The quantitative estimate of drug-likeness (QED) is 0.828. The average molecular weight is 300 g/mol. The van der Waals surface area contributed by atoms with Crippen LogP contribution in [0.3, 0.4) is 0 Å². The molecule has 1 aromatic heterocycles. The summed E-state index contributed by atoms with van der Waals surface area (Å²) in [4.78, 5) is 23.6. The van der Waals surface area contributed by atoms with Gasteiger partial charge in [0.05, 0.1) is 6.54 Å². The molecule has 0 spiro atoms. The number of carbonyl (C=O) groups is 2. The van der Waals surface area contributed by atoms with E-state index in [-0.39, 0.29) is 18.2 Å². The van der Waals surface area contributed by atoms with E-state index in [1.165, 1.54) is 6.92 Å². The molecule has 0 aliphatic rings. The second-order valence-electron chi connectivity index (χ2n) is 5.60. The molecule has 0 fully saturated rings. The number of aryl methyl sites for hydroxylation is 1. The van der Waals surface area contributed by atoms with Gasteiger partial charge in [-0.2, -0.15) is 0 Å². The van der Waals surface area contributed by atoms with Crippen LogP contribution in [0.1, 0.15) is 40.3 Å². The van der Waals surface area contributed by atoms with Crippen molar-refractivity contribution in [2.75, 3.05) is 6.54 Å².